The summed E-state index contributed by atoms with van der Waals surface area (Å²) in [7, 11) is 0. The molecule has 30 heavy (non-hydrogen) atoms. The SMILES string of the molecule is CCN=C1N[C@H]2[C@@H](OCc3ccccc3)[C@H](OCc3ccccc3)[C@@H](CF)C[C@@H]2O1. The minimum Gasteiger partial charge on any atom is -0.460 e. The van der Waals surface area contributed by atoms with Crippen LogP contribution in [-0.4, -0.2) is 43.6 Å². The number of nitrogens with one attached hydrogen (secondary N) is 1. The third-order valence-electron chi connectivity index (χ3n) is 5.70. The van der Waals surface area contributed by atoms with Gasteiger partial charge >= 0.3 is 0 Å². The van der Waals surface area contributed by atoms with E-state index in [-0.39, 0.29) is 30.3 Å². The van der Waals surface area contributed by atoms with E-state index in [0.717, 1.165) is 11.1 Å². The van der Waals surface area contributed by atoms with Crippen LogP contribution in [0.3, 0.4) is 0 Å². The minimum atomic E-state index is -0.475. The maximum Gasteiger partial charge on any atom is 0.285 e. The third-order valence-corrected chi connectivity index (χ3v) is 5.70. The Kier molecular flexibility index (Phi) is 6.97. The predicted octanol–water partition coefficient (Wildman–Crippen LogP) is 3.88. The molecule has 0 unspecified atom stereocenters. The molecule has 4 rings (SSSR count). The van der Waals surface area contributed by atoms with Crippen LogP contribution in [0.2, 0.25) is 0 Å². The van der Waals surface area contributed by atoms with Gasteiger partial charge in [0.15, 0.2) is 0 Å². The molecule has 2 fully saturated rings. The molecule has 6 heteroatoms. The predicted molar refractivity (Wildman–Crippen MR) is 114 cm³/mol. The summed E-state index contributed by atoms with van der Waals surface area (Å²) in [6.07, 6.45) is -0.328. The summed E-state index contributed by atoms with van der Waals surface area (Å²) in [5.41, 5.74) is 2.13. The maximum atomic E-state index is 14.1. The van der Waals surface area contributed by atoms with Crippen molar-refractivity contribution >= 4 is 6.02 Å². The highest BCUT2D eigenvalue weighted by Gasteiger charge is 2.51. The Morgan fingerprint density at radius 1 is 0.967 bits per heavy atom. The van der Waals surface area contributed by atoms with Gasteiger partial charge in [-0.3, -0.25) is 4.39 Å². The van der Waals surface area contributed by atoms with Gasteiger partial charge in [0.05, 0.1) is 32.0 Å². The lowest BCUT2D eigenvalue weighted by Gasteiger charge is -2.41. The summed E-state index contributed by atoms with van der Waals surface area (Å²) in [6, 6.07) is 20.3. The number of benzene rings is 2. The largest absolute Gasteiger partial charge is 0.460 e. The Morgan fingerprint density at radius 2 is 1.57 bits per heavy atom. The lowest BCUT2D eigenvalue weighted by molar-refractivity contribution is -0.154. The fourth-order valence-electron chi connectivity index (χ4n) is 4.22. The number of nitrogens with zero attached hydrogens (tertiary/aromatic N) is 1. The third kappa shape index (κ3) is 4.82. The lowest BCUT2D eigenvalue weighted by atomic mass is 9.80. The van der Waals surface area contributed by atoms with Gasteiger partial charge in [0.1, 0.15) is 12.2 Å². The first-order chi connectivity index (χ1) is 14.8. The molecule has 1 saturated carbocycles. The van der Waals surface area contributed by atoms with E-state index in [1.807, 2.05) is 67.6 Å². The van der Waals surface area contributed by atoms with Crippen molar-refractivity contribution in [2.75, 3.05) is 13.2 Å². The van der Waals surface area contributed by atoms with Gasteiger partial charge in [-0.1, -0.05) is 60.7 Å². The smallest absolute Gasteiger partial charge is 0.285 e. The van der Waals surface area contributed by atoms with E-state index in [1.54, 1.807) is 0 Å². The van der Waals surface area contributed by atoms with E-state index in [0.29, 0.717) is 32.2 Å². The summed E-state index contributed by atoms with van der Waals surface area (Å²) in [6.45, 7) is 2.96. The van der Waals surface area contributed by atoms with Gasteiger partial charge in [0, 0.05) is 12.5 Å². The highest BCUT2D eigenvalue weighted by atomic mass is 19.1. The molecule has 2 aromatic rings. The van der Waals surface area contributed by atoms with Gasteiger partial charge in [0.2, 0.25) is 0 Å². The van der Waals surface area contributed by atoms with Crippen LogP contribution in [0.1, 0.15) is 24.5 Å². The molecule has 0 bridgehead atoms. The van der Waals surface area contributed by atoms with E-state index < -0.39 is 6.67 Å². The molecule has 0 spiro atoms. The lowest BCUT2D eigenvalue weighted by Crippen LogP contribution is -2.58. The van der Waals surface area contributed by atoms with Gasteiger partial charge < -0.3 is 19.5 Å². The molecule has 1 saturated heterocycles. The van der Waals surface area contributed by atoms with Crippen LogP contribution in [0.5, 0.6) is 0 Å². The molecule has 2 aromatic carbocycles. The zero-order chi connectivity index (χ0) is 20.8. The molecule has 0 radical (unpaired) electrons. The standard InChI is InChI=1S/C24H29FN2O3/c1-2-26-24-27-21-20(30-24)13-19(14-25)22(28-15-17-9-5-3-6-10-17)23(21)29-16-18-11-7-4-8-12-18/h3-12,19-23H,2,13-16H2,1H3,(H,26,27)/t19-,20+,21-,22-,23-/m1/s1. The number of hydrogen-bond donors (Lipinski definition) is 1. The number of halogens is 1. The summed E-state index contributed by atoms with van der Waals surface area (Å²) in [5.74, 6) is -0.293. The summed E-state index contributed by atoms with van der Waals surface area (Å²) in [4.78, 5) is 4.36. The molecule has 5 atom stereocenters. The monoisotopic (exact) mass is 412 g/mol. The molecule has 2 aliphatic rings. The van der Waals surface area contributed by atoms with Crippen molar-refractivity contribution in [3.63, 3.8) is 0 Å². The van der Waals surface area contributed by atoms with Gasteiger partial charge in [-0.2, -0.15) is 0 Å². The van der Waals surface area contributed by atoms with Crippen LogP contribution < -0.4 is 5.32 Å². The zero-order valence-corrected chi connectivity index (χ0v) is 17.2. The molecule has 1 N–H and O–H groups in total. The van der Waals surface area contributed by atoms with Crippen molar-refractivity contribution in [3.05, 3.63) is 71.8 Å². The summed E-state index contributed by atoms with van der Waals surface area (Å²) in [5, 5.41) is 3.35. The van der Waals surface area contributed by atoms with Crippen LogP contribution in [0.25, 0.3) is 0 Å². The van der Waals surface area contributed by atoms with E-state index >= 15 is 0 Å². The Labute approximate surface area is 177 Å². The highest BCUT2D eigenvalue weighted by Crippen LogP contribution is 2.35. The first-order valence-corrected chi connectivity index (χ1v) is 10.6. The van der Waals surface area contributed by atoms with Crippen LogP contribution in [0, 0.1) is 5.92 Å². The Morgan fingerprint density at radius 3 is 2.13 bits per heavy atom. The molecule has 5 nitrogen and oxygen atoms in total. The van der Waals surface area contributed by atoms with Crippen LogP contribution in [0.15, 0.2) is 65.7 Å². The van der Waals surface area contributed by atoms with Gasteiger partial charge in [-0.15, -0.1) is 0 Å². The first-order valence-electron chi connectivity index (χ1n) is 10.6. The van der Waals surface area contributed by atoms with Crippen molar-refractivity contribution in [1.29, 1.82) is 0 Å². The second-order valence-electron chi connectivity index (χ2n) is 7.78. The number of aliphatic imine (C=N–C) groups is 1. The Balaban J connectivity index is 1.54. The van der Waals surface area contributed by atoms with Crippen LogP contribution in [0.4, 0.5) is 4.39 Å². The molecule has 1 aliphatic heterocycles. The average molecular weight is 413 g/mol. The summed E-state index contributed by atoms with van der Waals surface area (Å²) >= 11 is 0. The van der Waals surface area contributed by atoms with Crippen LogP contribution in [-0.2, 0) is 27.4 Å². The number of ether oxygens (including phenoxy) is 3. The van der Waals surface area contributed by atoms with Gasteiger partial charge in [-0.05, 0) is 24.5 Å². The number of fused-ring (bicyclic) bond motifs is 1. The Bertz CT molecular complexity index is 818. The maximum absolute atomic E-state index is 14.1. The molecular weight excluding hydrogens is 383 g/mol. The second-order valence-corrected chi connectivity index (χ2v) is 7.78. The van der Waals surface area contributed by atoms with Crippen molar-refractivity contribution in [2.24, 2.45) is 10.9 Å². The molecule has 0 aromatic heterocycles. The van der Waals surface area contributed by atoms with Crippen molar-refractivity contribution < 1.29 is 18.6 Å². The first kappa shape index (κ1) is 20.8. The Hall–Kier alpha value is -2.44. The van der Waals surface area contributed by atoms with Crippen LogP contribution >= 0.6 is 0 Å². The van der Waals surface area contributed by atoms with E-state index in [9.17, 15) is 4.39 Å². The van der Waals surface area contributed by atoms with E-state index in [1.165, 1.54) is 0 Å². The van der Waals surface area contributed by atoms with E-state index in [4.69, 9.17) is 14.2 Å². The highest BCUT2D eigenvalue weighted by molar-refractivity contribution is 5.76. The number of alkyl halides is 1. The van der Waals surface area contributed by atoms with Gasteiger partial charge in [-0.25, -0.2) is 4.99 Å². The fraction of sp³-hybridized carbons (Fsp3) is 0.458. The molecule has 1 heterocycles. The summed E-state index contributed by atoms with van der Waals surface area (Å²) < 4.78 is 32.6. The normalized spacial score (nSPS) is 29.3. The van der Waals surface area contributed by atoms with Crippen molar-refractivity contribution in [2.45, 2.75) is 50.9 Å². The average Bonchev–Trinajstić information content (AvgIpc) is 3.19. The molecular formula is C24H29FN2O3. The zero-order valence-electron chi connectivity index (χ0n) is 17.2. The number of amidine groups is 1. The van der Waals surface area contributed by atoms with Crippen molar-refractivity contribution in [3.8, 4) is 0 Å². The van der Waals surface area contributed by atoms with E-state index in [2.05, 4.69) is 10.3 Å². The number of hydrogen-bond acceptors (Lipinski definition) is 4. The number of rotatable bonds is 8. The second kappa shape index (κ2) is 10.0. The molecule has 160 valence electrons. The topological polar surface area (TPSA) is 52.1 Å². The fourth-order valence-corrected chi connectivity index (χ4v) is 4.22. The molecule has 0 amide bonds. The van der Waals surface area contributed by atoms with Crippen molar-refractivity contribution in [1.82, 2.24) is 5.32 Å². The van der Waals surface area contributed by atoms with Gasteiger partial charge in [0.25, 0.3) is 6.02 Å². The quantitative estimate of drug-likeness (QED) is 0.715. The molecule has 1 aliphatic carbocycles. The minimum absolute atomic E-state index is 0.123.